The first-order chi connectivity index (χ1) is 7.06. The third-order valence-corrected chi connectivity index (χ3v) is 3.33. The average molecular weight is 232 g/mol. The van der Waals surface area contributed by atoms with Crippen molar-refractivity contribution in [3.05, 3.63) is 12.7 Å². The number of thioether (sulfide) groups is 1. The van der Waals surface area contributed by atoms with Crippen molar-refractivity contribution in [3.63, 3.8) is 0 Å². The van der Waals surface area contributed by atoms with Gasteiger partial charge in [0.2, 0.25) is 5.91 Å². The maximum atomic E-state index is 11.5. The Hall–Kier alpha value is -0.520. The highest BCUT2D eigenvalue weighted by Crippen LogP contribution is 2.10. The van der Waals surface area contributed by atoms with Gasteiger partial charge in [-0.05, 0) is 19.6 Å². The molecule has 3 unspecified atom stereocenters. The molecule has 4 nitrogen and oxygen atoms in total. The van der Waals surface area contributed by atoms with Crippen molar-refractivity contribution < 1.29 is 9.90 Å². The predicted octanol–water partition coefficient (Wildman–Crippen LogP) is 0.118. The van der Waals surface area contributed by atoms with E-state index in [2.05, 4.69) is 11.9 Å². The van der Waals surface area contributed by atoms with Crippen LogP contribution in [-0.4, -0.2) is 41.2 Å². The number of nitrogens with one attached hydrogen (secondary N) is 1. The van der Waals surface area contributed by atoms with Crippen LogP contribution in [0.4, 0.5) is 0 Å². The standard InChI is InChI=1S/C10H20N2O2S/c1-4-5-8(11)10(14)12-7(2)9(6-13)15-3/h4,7-9,13H,1,5-6,11H2,2-3H3,(H,12,14). The van der Waals surface area contributed by atoms with Gasteiger partial charge in [-0.3, -0.25) is 4.79 Å². The van der Waals surface area contributed by atoms with E-state index in [1.165, 1.54) is 11.8 Å². The van der Waals surface area contributed by atoms with E-state index in [4.69, 9.17) is 10.8 Å². The molecule has 0 aromatic rings. The third-order valence-electron chi connectivity index (χ3n) is 2.17. The van der Waals surface area contributed by atoms with Gasteiger partial charge >= 0.3 is 0 Å². The molecule has 0 heterocycles. The van der Waals surface area contributed by atoms with Crippen molar-refractivity contribution in [1.29, 1.82) is 0 Å². The monoisotopic (exact) mass is 232 g/mol. The van der Waals surface area contributed by atoms with E-state index in [-0.39, 0.29) is 23.8 Å². The molecule has 0 bridgehead atoms. The van der Waals surface area contributed by atoms with Gasteiger partial charge in [-0.1, -0.05) is 6.08 Å². The van der Waals surface area contributed by atoms with Gasteiger partial charge in [0.1, 0.15) is 0 Å². The zero-order valence-electron chi connectivity index (χ0n) is 9.27. The summed E-state index contributed by atoms with van der Waals surface area (Å²) in [5.41, 5.74) is 5.61. The van der Waals surface area contributed by atoms with Gasteiger partial charge in [0.25, 0.3) is 0 Å². The molecular formula is C10H20N2O2S. The van der Waals surface area contributed by atoms with Crippen LogP contribution in [0.5, 0.6) is 0 Å². The zero-order valence-corrected chi connectivity index (χ0v) is 10.1. The summed E-state index contributed by atoms with van der Waals surface area (Å²) >= 11 is 1.52. The Morgan fingerprint density at radius 2 is 2.33 bits per heavy atom. The van der Waals surface area contributed by atoms with Crippen molar-refractivity contribution in [3.8, 4) is 0 Å². The summed E-state index contributed by atoms with van der Waals surface area (Å²) < 4.78 is 0. The molecule has 88 valence electrons. The predicted molar refractivity (Wildman–Crippen MR) is 64.8 cm³/mol. The Bertz CT molecular complexity index is 208. The van der Waals surface area contributed by atoms with Crippen LogP contribution < -0.4 is 11.1 Å². The summed E-state index contributed by atoms with van der Waals surface area (Å²) in [5.74, 6) is -0.199. The fourth-order valence-electron chi connectivity index (χ4n) is 1.15. The first kappa shape index (κ1) is 14.5. The fraction of sp³-hybridized carbons (Fsp3) is 0.700. The molecule has 0 aromatic heterocycles. The van der Waals surface area contributed by atoms with Crippen LogP contribution in [0.25, 0.3) is 0 Å². The minimum absolute atomic E-state index is 0.00452. The first-order valence-electron chi connectivity index (χ1n) is 4.87. The summed E-state index contributed by atoms with van der Waals surface area (Å²) in [7, 11) is 0. The van der Waals surface area contributed by atoms with Gasteiger partial charge in [-0.25, -0.2) is 0 Å². The molecule has 15 heavy (non-hydrogen) atoms. The van der Waals surface area contributed by atoms with E-state index < -0.39 is 6.04 Å². The molecule has 0 aliphatic carbocycles. The molecule has 0 radical (unpaired) electrons. The van der Waals surface area contributed by atoms with E-state index in [9.17, 15) is 4.79 Å². The lowest BCUT2D eigenvalue weighted by Gasteiger charge is -2.22. The molecular weight excluding hydrogens is 212 g/mol. The third kappa shape index (κ3) is 5.20. The SMILES string of the molecule is C=CCC(N)C(=O)NC(C)C(CO)SC. The second kappa shape index (κ2) is 7.73. The summed E-state index contributed by atoms with van der Waals surface area (Å²) in [5, 5.41) is 11.8. The molecule has 4 N–H and O–H groups in total. The minimum atomic E-state index is -0.550. The highest BCUT2D eigenvalue weighted by Gasteiger charge is 2.20. The summed E-state index contributed by atoms with van der Waals surface area (Å²) in [6.07, 6.45) is 3.97. The smallest absolute Gasteiger partial charge is 0.237 e. The van der Waals surface area contributed by atoms with E-state index in [1.807, 2.05) is 13.2 Å². The van der Waals surface area contributed by atoms with Gasteiger partial charge in [0.05, 0.1) is 12.6 Å². The molecule has 0 aliphatic rings. The Morgan fingerprint density at radius 3 is 2.73 bits per heavy atom. The van der Waals surface area contributed by atoms with Crippen molar-refractivity contribution in [2.24, 2.45) is 5.73 Å². The van der Waals surface area contributed by atoms with Gasteiger partial charge in [-0.2, -0.15) is 11.8 Å². The lowest BCUT2D eigenvalue weighted by Crippen LogP contribution is -2.48. The number of hydrogen-bond donors (Lipinski definition) is 3. The molecule has 3 atom stereocenters. The molecule has 0 rings (SSSR count). The number of carbonyl (C=O) groups excluding carboxylic acids is 1. The van der Waals surface area contributed by atoms with Crippen LogP contribution in [0.2, 0.25) is 0 Å². The summed E-state index contributed by atoms with van der Waals surface area (Å²) in [6, 6.07) is -0.639. The van der Waals surface area contributed by atoms with Crippen molar-refractivity contribution in [2.75, 3.05) is 12.9 Å². The normalized spacial score (nSPS) is 16.5. The van der Waals surface area contributed by atoms with Crippen LogP contribution >= 0.6 is 11.8 Å². The maximum absolute atomic E-state index is 11.5. The average Bonchev–Trinajstić information content (AvgIpc) is 2.19. The Morgan fingerprint density at radius 1 is 1.73 bits per heavy atom. The molecule has 5 heteroatoms. The number of nitrogens with two attached hydrogens (primary N) is 1. The lowest BCUT2D eigenvalue weighted by atomic mass is 10.1. The molecule has 0 aliphatic heterocycles. The quantitative estimate of drug-likeness (QED) is 0.545. The molecule has 0 fully saturated rings. The number of rotatable bonds is 7. The lowest BCUT2D eigenvalue weighted by molar-refractivity contribution is -0.122. The molecule has 0 saturated heterocycles. The Balaban J connectivity index is 4.09. The maximum Gasteiger partial charge on any atom is 0.237 e. The van der Waals surface area contributed by atoms with Crippen molar-refractivity contribution in [1.82, 2.24) is 5.32 Å². The van der Waals surface area contributed by atoms with Crippen LogP contribution in [0.3, 0.4) is 0 Å². The first-order valence-corrected chi connectivity index (χ1v) is 6.16. The van der Waals surface area contributed by atoms with Gasteiger partial charge in [-0.15, -0.1) is 6.58 Å². The number of carbonyl (C=O) groups is 1. The highest BCUT2D eigenvalue weighted by atomic mass is 32.2. The van der Waals surface area contributed by atoms with E-state index >= 15 is 0 Å². The van der Waals surface area contributed by atoms with Gasteiger partial charge < -0.3 is 16.2 Å². The number of amides is 1. The van der Waals surface area contributed by atoms with E-state index in [0.29, 0.717) is 6.42 Å². The number of hydrogen-bond acceptors (Lipinski definition) is 4. The van der Waals surface area contributed by atoms with Crippen LogP contribution in [0.1, 0.15) is 13.3 Å². The van der Waals surface area contributed by atoms with Crippen LogP contribution in [0, 0.1) is 0 Å². The largest absolute Gasteiger partial charge is 0.395 e. The Labute approximate surface area is 95.3 Å². The molecule has 1 amide bonds. The second-order valence-electron chi connectivity index (χ2n) is 3.38. The zero-order chi connectivity index (χ0) is 11.8. The van der Waals surface area contributed by atoms with Crippen LogP contribution in [-0.2, 0) is 4.79 Å². The highest BCUT2D eigenvalue weighted by molar-refractivity contribution is 7.99. The van der Waals surface area contributed by atoms with Crippen molar-refractivity contribution in [2.45, 2.75) is 30.7 Å². The summed E-state index contributed by atoms with van der Waals surface area (Å²) in [4.78, 5) is 11.5. The van der Waals surface area contributed by atoms with Gasteiger partial charge in [0.15, 0.2) is 0 Å². The summed E-state index contributed by atoms with van der Waals surface area (Å²) in [6.45, 7) is 5.42. The van der Waals surface area contributed by atoms with Crippen molar-refractivity contribution >= 4 is 17.7 Å². The molecule has 0 aromatic carbocycles. The number of aliphatic hydroxyl groups excluding tert-OH is 1. The minimum Gasteiger partial charge on any atom is -0.395 e. The van der Waals surface area contributed by atoms with E-state index in [1.54, 1.807) is 6.08 Å². The fourth-order valence-corrected chi connectivity index (χ4v) is 1.77. The molecule has 0 spiro atoms. The van der Waals surface area contributed by atoms with Crippen LogP contribution in [0.15, 0.2) is 12.7 Å². The Kier molecular flexibility index (Phi) is 7.46. The van der Waals surface area contributed by atoms with E-state index in [0.717, 1.165) is 0 Å². The topological polar surface area (TPSA) is 75.4 Å². The molecule has 0 saturated carbocycles. The second-order valence-corrected chi connectivity index (χ2v) is 4.46. The number of aliphatic hydroxyl groups is 1. The van der Waals surface area contributed by atoms with Gasteiger partial charge in [0, 0.05) is 11.3 Å².